The molecule has 0 amide bonds. The fraction of sp³-hybridized carbons (Fsp3) is 0. The number of carbonyl (C=O) groups is 1. The maximum absolute atomic E-state index is 10.9. The third-order valence-corrected chi connectivity index (χ3v) is 3.54. The minimum atomic E-state index is -0.980. The highest BCUT2D eigenvalue weighted by molar-refractivity contribution is 9.11. The van der Waals surface area contributed by atoms with Crippen molar-refractivity contribution in [2.24, 2.45) is 0 Å². The number of carboxylic acids is 1. The van der Waals surface area contributed by atoms with Crippen molar-refractivity contribution in [2.45, 2.75) is 0 Å². The smallest absolute Gasteiger partial charge is 0.335 e. The largest absolute Gasteiger partial charge is 0.478 e. The van der Waals surface area contributed by atoms with E-state index in [0.29, 0.717) is 5.82 Å². The molecule has 0 bridgehead atoms. The summed E-state index contributed by atoms with van der Waals surface area (Å²) < 4.78 is 1.72. The van der Waals surface area contributed by atoms with E-state index in [4.69, 9.17) is 5.11 Å². The summed E-state index contributed by atoms with van der Waals surface area (Å²) in [7, 11) is 0. The Labute approximate surface area is 120 Å². The normalized spacial score (nSPS) is 10.1. The number of halogens is 2. The number of rotatable bonds is 3. The zero-order valence-electron chi connectivity index (χ0n) is 9.02. The monoisotopic (exact) mass is 370 g/mol. The Morgan fingerprint density at radius 1 is 1.22 bits per heavy atom. The van der Waals surface area contributed by atoms with Gasteiger partial charge in [-0.15, -0.1) is 0 Å². The molecule has 0 aliphatic rings. The first-order chi connectivity index (χ1) is 8.58. The van der Waals surface area contributed by atoms with Gasteiger partial charge in [-0.3, -0.25) is 0 Å². The van der Waals surface area contributed by atoms with E-state index in [1.165, 1.54) is 18.3 Å². The number of carboxylic acid groups (broad SMARTS) is 1. The highest BCUT2D eigenvalue weighted by Gasteiger charge is 2.08. The van der Waals surface area contributed by atoms with Crippen LogP contribution in [0.15, 0.2) is 45.5 Å². The number of anilines is 2. The van der Waals surface area contributed by atoms with Crippen LogP contribution in [0.2, 0.25) is 0 Å². The summed E-state index contributed by atoms with van der Waals surface area (Å²) in [5.41, 5.74) is 0.989. The van der Waals surface area contributed by atoms with Gasteiger partial charge in [-0.1, -0.05) is 6.07 Å². The van der Waals surface area contributed by atoms with Gasteiger partial charge in [0.15, 0.2) is 0 Å². The average molecular weight is 372 g/mol. The Bertz CT molecular complexity index is 582. The molecule has 1 heterocycles. The Morgan fingerprint density at radius 3 is 2.50 bits per heavy atom. The van der Waals surface area contributed by atoms with Crippen LogP contribution >= 0.6 is 31.9 Å². The third-order valence-electron chi connectivity index (χ3n) is 2.22. The predicted molar refractivity (Wildman–Crippen MR) is 76.3 cm³/mol. The predicted octanol–water partition coefficient (Wildman–Crippen LogP) is 4.05. The number of nitrogens with zero attached hydrogens (tertiary/aromatic N) is 1. The lowest BCUT2D eigenvalue weighted by molar-refractivity contribution is 0.0697. The molecule has 18 heavy (non-hydrogen) atoms. The van der Waals surface area contributed by atoms with Crippen LogP contribution in [0.4, 0.5) is 11.5 Å². The molecule has 0 spiro atoms. The quantitative estimate of drug-likeness (QED) is 0.854. The molecule has 0 unspecified atom stereocenters. The summed E-state index contributed by atoms with van der Waals surface area (Å²) in [6.07, 6.45) is 1.45. The van der Waals surface area contributed by atoms with Crippen LogP contribution in [0.25, 0.3) is 0 Å². The Balaban J connectivity index is 2.34. The van der Waals surface area contributed by atoms with Crippen molar-refractivity contribution in [3.63, 3.8) is 0 Å². The second kappa shape index (κ2) is 5.49. The highest BCUT2D eigenvalue weighted by Crippen LogP contribution is 2.32. The molecule has 92 valence electrons. The number of hydrogen-bond acceptors (Lipinski definition) is 3. The fourth-order valence-corrected chi connectivity index (χ4v) is 2.57. The SMILES string of the molecule is O=C(O)c1ccnc(Nc2c(Br)cccc2Br)c1. The minimum absolute atomic E-state index is 0.190. The number of benzene rings is 1. The van der Waals surface area contributed by atoms with Gasteiger partial charge in [0.25, 0.3) is 0 Å². The summed E-state index contributed by atoms with van der Waals surface area (Å²) in [5.74, 6) is -0.505. The van der Waals surface area contributed by atoms with Crippen molar-refractivity contribution < 1.29 is 9.90 Å². The van der Waals surface area contributed by atoms with Gasteiger partial charge in [0.05, 0.1) is 11.3 Å². The van der Waals surface area contributed by atoms with E-state index in [0.717, 1.165) is 14.6 Å². The first kappa shape index (κ1) is 13.0. The molecule has 0 aliphatic heterocycles. The summed E-state index contributed by atoms with van der Waals surface area (Å²) in [6.45, 7) is 0. The molecule has 0 radical (unpaired) electrons. The van der Waals surface area contributed by atoms with E-state index in [1.807, 2.05) is 18.2 Å². The second-order valence-electron chi connectivity index (χ2n) is 3.46. The Hall–Kier alpha value is -1.40. The summed E-state index contributed by atoms with van der Waals surface area (Å²) >= 11 is 6.83. The molecule has 0 aliphatic carbocycles. The van der Waals surface area contributed by atoms with E-state index >= 15 is 0 Å². The van der Waals surface area contributed by atoms with Gasteiger partial charge < -0.3 is 10.4 Å². The molecule has 0 atom stereocenters. The van der Waals surface area contributed by atoms with Crippen LogP contribution in [0, 0.1) is 0 Å². The van der Waals surface area contributed by atoms with E-state index in [9.17, 15) is 4.79 Å². The standard InChI is InChI=1S/C12H8Br2N2O2/c13-8-2-1-3-9(14)11(8)16-10-6-7(12(17)18)4-5-15-10/h1-6H,(H,15,16)(H,17,18). The van der Waals surface area contributed by atoms with Gasteiger partial charge in [-0.2, -0.15) is 0 Å². The Kier molecular flexibility index (Phi) is 3.98. The van der Waals surface area contributed by atoms with Crippen LogP contribution in [0.1, 0.15) is 10.4 Å². The molecule has 0 saturated carbocycles. The zero-order chi connectivity index (χ0) is 13.1. The molecule has 2 rings (SSSR count). The topological polar surface area (TPSA) is 62.2 Å². The van der Waals surface area contributed by atoms with E-state index < -0.39 is 5.97 Å². The van der Waals surface area contributed by atoms with Crippen molar-refractivity contribution in [2.75, 3.05) is 5.32 Å². The van der Waals surface area contributed by atoms with Gasteiger partial charge in [-0.25, -0.2) is 9.78 Å². The van der Waals surface area contributed by atoms with Gasteiger partial charge in [0.2, 0.25) is 0 Å². The molecular weight excluding hydrogens is 364 g/mol. The van der Waals surface area contributed by atoms with Crippen LogP contribution in [0.3, 0.4) is 0 Å². The highest BCUT2D eigenvalue weighted by atomic mass is 79.9. The molecule has 1 aromatic heterocycles. The number of para-hydroxylation sites is 1. The average Bonchev–Trinajstić information content (AvgIpc) is 2.34. The van der Waals surface area contributed by atoms with Gasteiger partial charge in [0.1, 0.15) is 5.82 Å². The van der Waals surface area contributed by atoms with Crippen molar-refractivity contribution >= 4 is 49.3 Å². The number of hydrogen-bond donors (Lipinski definition) is 2. The number of aromatic nitrogens is 1. The summed E-state index contributed by atoms with van der Waals surface area (Å²) in [5, 5.41) is 12.0. The third kappa shape index (κ3) is 2.88. The zero-order valence-corrected chi connectivity index (χ0v) is 12.2. The Morgan fingerprint density at radius 2 is 1.89 bits per heavy atom. The molecule has 6 heteroatoms. The molecule has 4 nitrogen and oxygen atoms in total. The first-order valence-corrected chi connectivity index (χ1v) is 6.57. The minimum Gasteiger partial charge on any atom is -0.478 e. The van der Waals surface area contributed by atoms with Crippen molar-refractivity contribution in [1.29, 1.82) is 0 Å². The maximum atomic E-state index is 10.9. The van der Waals surface area contributed by atoms with Crippen molar-refractivity contribution in [3.8, 4) is 0 Å². The fourth-order valence-electron chi connectivity index (χ4n) is 1.38. The van der Waals surface area contributed by atoms with E-state index in [2.05, 4.69) is 42.2 Å². The number of pyridine rings is 1. The lowest BCUT2D eigenvalue weighted by Gasteiger charge is -2.10. The molecule has 0 saturated heterocycles. The van der Waals surface area contributed by atoms with Crippen molar-refractivity contribution in [1.82, 2.24) is 4.98 Å². The summed E-state index contributed by atoms with van der Waals surface area (Å²) in [4.78, 5) is 14.9. The second-order valence-corrected chi connectivity index (χ2v) is 5.17. The van der Waals surface area contributed by atoms with Gasteiger partial charge >= 0.3 is 5.97 Å². The summed E-state index contributed by atoms with van der Waals surface area (Å²) in [6, 6.07) is 8.58. The molecule has 1 aromatic carbocycles. The van der Waals surface area contributed by atoms with E-state index in [-0.39, 0.29) is 5.56 Å². The number of aromatic carboxylic acids is 1. The lowest BCUT2D eigenvalue weighted by atomic mass is 10.2. The van der Waals surface area contributed by atoms with Crippen LogP contribution in [-0.2, 0) is 0 Å². The van der Waals surface area contributed by atoms with Crippen LogP contribution in [-0.4, -0.2) is 16.1 Å². The lowest BCUT2D eigenvalue weighted by Crippen LogP contribution is -2.00. The van der Waals surface area contributed by atoms with Crippen LogP contribution < -0.4 is 5.32 Å². The molecule has 2 N–H and O–H groups in total. The van der Waals surface area contributed by atoms with Crippen molar-refractivity contribution in [3.05, 3.63) is 51.0 Å². The van der Waals surface area contributed by atoms with Gasteiger partial charge in [0, 0.05) is 15.1 Å². The van der Waals surface area contributed by atoms with Crippen LogP contribution in [0.5, 0.6) is 0 Å². The number of nitrogens with one attached hydrogen (secondary N) is 1. The maximum Gasteiger partial charge on any atom is 0.335 e. The first-order valence-electron chi connectivity index (χ1n) is 4.98. The molecule has 0 fully saturated rings. The molecule has 2 aromatic rings. The van der Waals surface area contributed by atoms with Gasteiger partial charge in [-0.05, 0) is 56.1 Å². The molecular formula is C12H8Br2N2O2. The van der Waals surface area contributed by atoms with E-state index in [1.54, 1.807) is 0 Å².